The van der Waals surface area contributed by atoms with Crippen LogP contribution in [0.4, 0.5) is 0 Å². The van der Waals surface area contributed by atoms with Gasteiger partial charge in [-0.1, -0.05) is 0 Å². The van der Waals surface area contributed by atoms with Crippen molar-refractivity contribution in [3.8, 4) is 0 Å². The van der Waals surface area contributed by atoms with Crippen LogP contribution in [0.15, 0.2) is 16.7 Å². The van der Waals surface area contributed by atoms with Crippen LogP contribution in [0.5, 0.6) is 0 Å². The monoisotopic (exact) mass is 293 g/mol. The highest BCUT2D eigenvalue weighted by atomic mass is 79.9. The molecule has 2 unspecified atom stereocenters. The van der Waals surface area contributed by atoms with Gasteiger partial charge in [-0.25, -0.2) is 4.79 Å². The SMILES string of the molecule is CC(Cn1cc(Br)cc1C(=O)O)S(C)=O. The van der Waals surface area contributed by atoms with E-state index < -0.39 is 16.8 Å². The van der Waals surface area contributed by atoms with Gasteiger partial charge in [-0.05, 0) is 28.9 Å². The van der Waals surface area contributed by atoms with E-state index in [9.17, 15) is 9.00 Å². The van der Waals surface area contributed by atoms with Crippen molar-refractivity contribution in [1.82, 2.24) is 4.57 Å². The zero-order valence-electron chi connectivity index (χ0n) is 8.44. The predicted octanol–water partition coefficient (Wildman–Crippen LogP) is 1.72. The maximum atomic E-state index is 11.2. The van der Waals surface area contributed by atoms with Crippen LogP contribution in [0.1, 0.15) is 17.4 Å². The first-order valence-corrected chi connectivity index (χ1v) is 6.74. The van der Waals surface area contributed by atoms with Crippen LogP contribution >= 0.6 is 15.9 Å². The van der Waals surface area contributed by atoms with Crippen LogP contribution in [0.25, 0.3) is 0 Å². The normalized spacial score (nSPS) is 14.9. The fourth-order valence-corrected chi connectivity index (χ4v) is 2.02. The first-order valence-electron chi connectivity index (χ1n) is 4.33. The molecule has 84 valence electrons. The molecule has 0 aliphatic carbocycles. The molecule has 0 amide bonds. The molecule has 0 aromatic carbocycles. The van der Waals surface area contributed by atoms with Gasteiger partial charge in [0.05, 0.1) is 0 Å². The molecule has 0 aliphatic heterocycles. The number of carbonyl (C=O) groups is 1. The van der Waals surface area contributed by atoms with Crippen LogP contribution in [0.2, 0.25) is 0 Å². The molecule has 1 aromatic rings. The van der Waals surface area contributed by atoms with Crippen molar-refractivity contribution in [2.24, 2.45) is 0 Å². The fraction of sp³-hybridized carbons (Fsp3) is 0.444. The fourth-order valence-electron chi connectivity index (χ4n) is 1.19. The van der Waals surface area contributed by atoms with Crippen LogP contribution < -0.4 is 0 Å². The number of halogens is 1. The third kappa shape index (κ3) is 3.17. The standard InChI is InChI=1S/C9H12BrNO3S/c1-6(15(2)14)4-11-5-7(10)3-8(11)9(12)13/h3,5-6H,4H2,1-2H3,(H,12,13). The van der Waals surface area contributed by atoms with Crippen molar-refractivity contribution in [3.05, 3.63) is 22.4 Å². The molecule has 0 saturated carbocycles. The lowest BCUT2D eigenvalue weighted by Crippen LogP contribution is -2.19. The Balaban J connectivity index is 2.93. The molecule has 6 heteroatoms. The van der Waals surface area contributed by atoms with Gasteiger partial charge in [0.1, 0.15) is 5.69 Å². The number of hydrogen-bond donors (Lipinski definition) is 1. The minimum atomic E-state index is -0.977. The van der Waals surface area contributed by atoms with Gasteiger partial charge >= 0.3 is 5.97 Å². The molecular formula is C9H12BrNO3S. The summed E-state index contributed by atoms with van der Waals surface area (Å²) in [4.78, 5) is 10.9. The molecule has 0 bridgehead atoms. The van der Waals surface area contributed by atoms with Gasteiger partial charge in [-0.15, -0.1) is 0 Å². The summed E-state index contributed by atoms with van der Waals surface area (Å²) in [5.74, 6) is -0.977. The highest BCUT2D eigenvalue weighted by molar-refractivity contribution is 9.10. The van der Waals surface area contributed by atoms with Gasteiger partial charge in [0, 0.05) is 39.5 Å². The summed E-state index contributed by atoms with van der Waals surface area (Å²) in [5, 5.41) is 8.85. The summed E-state index contributed by atoms with van der Waals surface area (Å²) in [6.45, 7) is 2.27. The maximum absolute atomic E-state index is 11.2. The quantitative estimate of drug-likeness (QED) is 0.919. The Morgan fingerprint density at radius 1 is 1.73 bits per heavy atom. The Morgan fingerprint density at radius 3 is 2.80 bits per heavy atom. The highest BCUT2D eigenvalue weighted by Crippen LogP contribution is 2.16. The second-order valence-corrected chi connectivity index (χ2v) is 6.03. The van der Waals surface area contributed by atoms with Gasteiger partial charge in [-0.2, -0.15) is 0 Å². The minimum absolute atomic E-state index is 0.0672. The number of aromatic carboxylic acids is 1. The zero-order valence-corrected chi connectivity index (χ0v) is 10.8. The van der Waals surface area contributed by atoms with Gasteiger partial charge < -0.3 is 9.67 Å². The first-order chi connectivity index (χ1) is 6.91. The summed E-state index contributed by atoms with van der Waals surface area (Å²) in [6, 6.07) is 1.54. The lowest BCUT2D eigenvalue weighted by Gasteiger charge is -2.10. The topological polar surface area (TPSA) is 59.3 Å². The maximum Gasteiger partial charge on any atom is 0.352 e. The van der Waals surface area contributed by atoms with Crippen LogP contribution in [0, 0.1) is 0 Å². The smallest absolute Gasteiger partial charge is 0.352 e. The van der Waals surface area contributed by atoms with Crippen LogP contribution in [0.3, 0.4) is 0 Å². The average molecular weight is 294 g/mol. The number of aromatic nitrogens is 1. The zero-order chi connectivity index (χ0) is 11.6. The van der Waals surface area contributed by atoms with Crippen molar-refractivity contribution in [1.29, 1.82) is 0 Å². The van der Waals surface area contributed by atoms with Gasteiger partial charge in [0.25, 0.3) is 0 Å². The van der Waals surface area contributed by atoms with E-state index >= 15 is 0 Å². The lowest BCUT2D eigenvalue weighted by atomic mass is 10.4. The Labute approximate surface area is 98.9 Å². The molecule has 15 heavy (non-hydrogen) atoms. The molecule has 1 aromatic heterocycles. The molecule has 2 atom stereocenters. The summed E-state index contributed by atoms with van der Waals surface area (Å²) in [7, 11) is -0.952. The molecule has 1 N–H and O–H groups in total. The summed E-state index contributed by atoms with van der Waals surface area (Å²) in [6.07, 6.45) is 3.30. The summed E-state index contributed by atoms with van der Waals surface area (Å²) >= 11 is 3.22. The third-order valence-electron chi connectivity index (χ3n) is 2.10. The van der Waals surface area contributed by atoms with Crippen LogP contribution in [-0.2, 0) is 17.3 Å². The summed E-state index contributed by atoms with van der Waals surface area (Å²) < 4.78 is 13.5. The molecule has 0 fully saturated rings. The molecule has 0 spiro atoms. The largest absolute Gasteiger partial charge is 0.477 e. The van der Waals surface area contributed by atoms with Crippen molar-refractivity contribution in [2.75, 3.05) is 6.26 Å². The van der Waals surface area contributed by atoms with Crippen LogP contribution in [-0.4, -0.2) is 31.4 Å². The second-order valence-electron chi connectivity index (χ2n) is 3.31. The van der Waals surface area contributed by atoms with Gasteiger partial charge in [0.2, 0.25) is 0 Å². The van der Waals surface area contributed by atoms with Crippen molar-refractivity contribution in [2.45, 2.75) is 18.7 Å². The molecule has 0 aliphatic rings. The highest BCUT2D eigenvalue weighted by Gasteiger charge is 2.15. The van der Waals surface area contributed by atoms with E-state index in [0.29, 0.717) is 11.0 Å². The predicted molar refractivity (Wildman–Crippen MR) is 62.6 cm³/mol. The molecule has 0 radical (unpaired) electrons. The number of rotatable bonds is 4. The third-order valence-corrected chi connectivity index (χ3v) is 3.82. The van der Waals surface area contributed by atoms with E-state index in [1.807, 2.05) is 6.92 Å². The molecule has 0 saturated heterocycles. The Morgan fingerprint density at radius 2 is 2.33 bits per heavy atom. The number of nitrogens with zero attached hydrogens (tertiary/aromatic N) is 1. The van der Waals surface area contributed by atoms with E-state index in [2.05, 4.69) is 15.9 Å². The molecule has 1 rings (SSSR count). The second kappa shape index (κ2) is 4.94. The Bertz CT molecular complexity index is 402. The number of carboxylic acids is 1. The average Bonchev–Trinajstić information content (AvgIpc) is 2.46. The van der Waals surface area contributed by atoms with E-state index in [-0.39, 0.29) is 10.9 Å². The first kappa shape index (κ1) is 12.4. The van der Waals surface area contributed by atoms with Gasteiger partial charge in [-0.3, -0.25) is 4.21 Å². The minimum Gasteiger partial charge on any atom is -0.477 e. The summed E-state index contributed by atoms with van der Waals surface area (Å²) in [5.41, 5.74) is 0.208. The molecule has 4 nitrogen and oxygen atoms in total. The van der Waals surface area contributed by atoms with Gasteiger partial charge in [0.15, 0.2) is 0 Å². The van der Waals surface area contributed by atoms with Crippen molar-refractivity contribution in [3.63, 3.8) is 0 Å². The molecule has 1 heterocycles. The van der Waals surface area contributed by atoms with E-state index in [0.717, 1.165) is 0 Å². The Kier molecular flexibility index (Phi) is 4.10. The van der Waals surface area contributed by atoms with E-state index in [1.54, 1.807) is 17.0 Å². The molecular weight excluding hydrogens is 282 g/mol. The number of carboxylic acid groups (broad SMARTS) is 1. The lowest BCUT2D eigenvalue weighted by molar-refractivity contribution is 0.0685. The van der Waals surface area contributed by atoms with E-state index in [4.69, 9.17) is 5.11 Å². The number of hydrogen-bond acceptors (Lipinski definition) is 2. The van der Waals surface area contributed by atoms with Crippen molar-refractivity contribution >= 4 is 32.7 Å². The Hall–Kier alpha value is -0.620. The van der Waals surface area contributed by atoms with E-state index in [1.165, 1.54) is 6.07 Å². The van der Waals surface area contributed by atoms with Crippen molar-refractivity contribution < 1.29 is 14.1 Å².